The van der Waals surface area contributed by atoms with E-state index in [4.69, 9.17) is 4.42 Å². The Morgan fingerprint density at radius 3 is 2.94 bits per heavy atom. The van der Waals surface area contributed by atoms with Gasteiger partial charge in [-0.15, -0.1) is 0 Å². The van der Waals surface area contributed by atoms with E-state index in [-0.39, 0.29) is 0 Å². The predicted octanol–water partition coefficient (Wildman–Crippen LogP) is 4.39. The molecule has 2 aromatic rings. The Kier molecular flexibility index (Phi) is 2.86. The van der Waals surface area contributed by atoms with Gasteiger partial charge in [-0.25, -0.2) is 0 Å². The molecule has 0 aliphatic heterocycles. The molecule has 1 unspecified atom stereocenters. The van der Waals surface area contributed by atoms with Crippen LogP contribution < -0.4 is 5.32 Å². The Morgan fingerprint density at radius 2 is 2.11 bits per heavy atom. The van der Waals surface area contributed by atoms with E-state index in [1.54, 1.807) is 0 Å². The molecule has 0 saturated heterocycles. The van der Waals surface area contributed by atoms with Crippen molar-refractivity contribution in [3.63, 3.8) is 0 Å². The van der Waals surface area contributed by atoms with Crippen LogP contribution in [0.5, 0.6) is 0 Å². The summed E-state index contributed by atoms with van der Waals surface area (Å²) in [4.78, 5) is 0. The number of fused-ring (bicyclic) bond motifs is 1. The van der Waals surface area contributed by atoms with Gasteiger partial charge < -0.3 is 9.73 Å². The molecule has 0 radical (unpaired) electrons. The number of anilines is 1. The van der Waals surface area contributed by atoms with Crippen LogP contribution in [-0.4, -0.2) is 0 Å². The minimum atomic E-state index is 0.397. The van der Waals surface area contributed by atoms with Gasteiger partial charge in [0, 0.05) is 17.7 Å². The summed E-state index contributed by atoms with van der Waals surface area (Å²) in [5.41, 5.74) is 5.19. The Bertz CT molecular complexity index is 556. The summed E-state index contributed by atoms with van der Waals surface area (Å²) in [5, 5.41) is 3.66. The third-order valence-corrected chi connectivity index (χ3v) is 3.76. The van der Waals surface area contributed by atoms with Crippen molar-refractivity contribution >= 4 is 5.69 Å². The van der Waals surface area contributed by atoms with E-state index < -0.39 is 0 Å². The van der Waals surface area contributed by atoms with Crippen molar-refractivity contribution < 1.29 is 4.42 Å². The molecule has 1 aromatic heterocycles. The van der Waals surface area contributed by atoms with Gasteiger partial charge in [0.25, 0.3) is 0 Å². The van der Waals surface area contributed by atoms with Gasteiger partial charge in [-0.05, 0) is 44.4 Å². The lowest BCUT2D eigenvalue weighted by Gasteiger charge is -2.24. The molecule has 94 valence electrons. The summed E-state index contributed by atoms with van der Waals surface area (Å²) < 4.78 is 5.53. The zero-order valence-electron chi connectivity index (χ0n) is 11.0. The molecule has 1 N–H and O–H groups in total. The largest absolute Gasteiger partial charge is 0.469 e. The summed E-state index contributed by atoms with van der Waals surface area (Å²) >= 11 is 0. The van der Waals surface area contributed by atoms with Gasteiger partial charge >= 0.3 is 0 Å². The maximum absolute atomic E-state index is 5.53. The molecule has 1 aliphatic carbocycles. The third kappa shape index (κ3) is 2.03. The van der Waals surface area contributed by atoms with Gasteiger partial charge in [0.05, 0.1) is 12.3 Å². The topological polar surface area (TPSA) is 25.2 Å². The van der Waals surface area contributed by atoms with Crippen LogP contribution in [-0.2, 0) is 6.42 Å². The van der Waals surface area contributed by atoms with E-state index in [9.17, 15) is 0 Å². The molecule has 0 spiro atoms. The molecule has 3 rings (SSSR count). The van der Waals surface area contributed by atoms with Crippen LogP contribution >= 0.6 is 0 Å². The SMILES string of the molecule is Cc1ccc(NC2CCCc3occc32)c(C)c1. The van der Waals surface area contributed by atoms with Gasteiger partial charge in [-0.1, -0.05) is 17.7 Å². The Morgan fingerprint density at radius 1 is 1.22 bits per heavy atom. The van der Waals surface area contributed by atoms with E-state index in [1.807, 2.05) is 6.26 Å². The quantitative estimate of drug-likeness (QED) is 0.843. The highest BCUT2D eigenvalue weighted by Gasteiger charge is 2.22. The molecule has 1 heterocycles. The van der Waals surface area contributed by atoms with Gasteiger partial charge in [-0.2, -0.15) is 0 Å². The summed E-state index contributed by atoms with van der Waals surface area (Å²) in [5.74, 6) is 1.16. The fourth-order valence-corrected chi connectivity index (χ4v) is 2.80. The van der Waals surface area contributed by atoms with Crippen molar-refractivity contribution in [2.45, 2.75) is 39.2 Å². The van der Waals surface area contributed by atoms with Crippen molar-refractivity contribution in [2.24, 2.45) is 0 Å². The summed E-state index contributed by atoms with van der Waals surface area (Å²) in [7, 11) is 0. The minimum absolute atomic E-state index is 0.397. The highest BCUT2D eigenvalue weighted by molar-refractivity contribution is 5.53. The normalized spacial score (nSPS) is 18.4. The number of benzene rings is 1. The lowest BCUT2D eigenvalue weighted by atomic mass is 9.93. The van der Waals surface area contributed by atoms with Crippen LogP contribution in [0.2, 0.25) is 0 Å². The van der Waals surface area contributed by atoms with Crippen molar-refractivity contribution in [3.8, 4) is 0 Å². The Hall–Kier alpha value is -1.70. The number of furan rings is 1. The number of nitrogens with one attached hydrogen (secondary N) is 1. The second kappa shape index (κ2) is 4.52. The number of hydrogen-bond acceptors (Lipinski definition) is 2. The molecule has 0 fully saturated rings. The van der Waals surface area contributed by atoms with E-state index in [0.717, 1.165) is 12.2 Å². The van der Waals surface area contributed by atoms with Crippen LogP contribution in [0.25, 0.3) is 0 Å². The van der Waals surface area contributed by atoms with Gasteiger partial charge in [-0.3, -0.25) is 0 Å². The van der Waals surface area contributed by atoms with Crippen LogP contribution in [0.15, 0.2) is 34.9 Å². The smallest absolute Gasteiger partial charge is 0.109 e. The highest BCUT2D eigenvalue weighted by Crippen LogP contribution is 2.33. The van der Waals surface area contributed by atoms with Gasteiger partial charge in [0.15, 0.2) is 0 Å². The van der Waals surface area contributed by atoms with E-state index in [1.165, 1.54) is 35.2 Å². The molecular formula is C16H19NO. The summed E-state index contributed by atoms with van der Waals surface area (Å²) in [6.07, 6.45) is 5.27. The van der Waals surface area contributed by atoms with Crippen LogP contribution in [0, 0.1) is 13.8 Å². The van der Waals surface area contributed by atoms with Crippen LogP contribution in [0.1, 0.15) is 41.3 Å². The van der Waals surface area contributed by atoms with Crippen LogP contribution in [0.3, 0.4) is 0 Å². The Balaban J connectivity index is 1.86. The second-order valence-electron chi connectivity index (χ2n) is 5.21. The lowest BCUT2D eigenvalue weighted by molar-refractivity contribution is 0.461. The molecule has 0 saturated carbocycles. The third-order valence-electron chi connectivity index (χ3n) is 3.76. The van der Waals surface area contributed by atoms with Gasteiger partial charge in [0.2, 0.25) is 0 Å². The summed E-state index contributed by atoms with van der Waals surface area (Å²) in [6.45, 7) is 4.29. The molecule has 2 nitrogen and oxygen atoms in total. The van der Waals surface area contributed by atoms with Crippen LogP contribution in [0.4, 0.5) is 5.69 Å². The first-order valence-electron chi connectivity index (χ1n) is 6.64. The van der Waals surface area contributed by atoms with Crippen molar-refractivity contribution in [1.29, 1.82) is 0 Å². The monoisotopic (exact) mass is 241 g/mol. The van der Waals surface area contributed by atoms with E-state index in [2.05, 4.69) is 43.4 Å². The molecule has 2 heteroatoms. The van der Waals surface area contributed by atoms with E-state index >= 15 is 0 Å². The maximum atomic E-state index is 5.53. The van der Waals surface area contributed by atoms with Crippen molar-refractivity contribution in [3.05, 3.63) is 53.0 Å². The molecule has 1 aromatic carbocycles. The van der Waals surface area contributed by atoms with Gasteiger partial charge in [0.1, 0.15) is 5.76 Å². The fraction of sp³-hybridized carbons (Fsp3) is 0.375. The molecule has 1 aliphatic rings. The molecule has 18 heavy (non-hydrogen) atoms. The first-order valence-corrected chi connectivity index (χ1v) is 6.64. The van der Waals surface area contributed by atoms with Crippen molar-refractivity contribution in [1.82, 2.24) is 0 Å². The number of aryl methyl sites for hydroxylation is 3. The number of rotatable bonds is 2. The van der Waals surface area contributed by atoms with Crippen molar-refractivity contribution in [2.75, 3.05) is 5.32 Å². The molecule has 0 bridgehead atoms. The maximum Gasteiger partial charge on any atom is 0.109 e. The van der Waals surface area contributed by atoms with E-state index in [0.29, 0.717) is 6.04 Å². The lowest BCUT2D eigenvalue weighted by Crippen LogP contribution is -2.16. The zero-order chi connectivity index (χ0) is 12.5. The fourth-order valence-electron chi connectivity index (χ4n) is 2.80. The Labute approximate surface area is 108 Å². The molecular weight excluding hydrogens is 222 g/mol. The second-order valence-corrected chi connectivity index (χ2v) is 5.21. The minimum Gasteiger partial charge on any atom is -0.469 e. The summed E-state index contributed by atoms with van der Waals surface area (Å²) in [6, 6.07) is 9.07. The first kappa shape index (κ1) is 11.4. The highest BCUT2D eigenvalue weighted by atomic mass is 16.3. The molecule has 1 atom stereocenters. The molecule has 0 amide bonds. The number of hydrogen-bond donors (Lipinski definition) is 1. The average molecular weight is 241 g/mol. The first-order chi connectivity index (χ1) is 8.74. The standard InChI is InChI=1S/C16H19NO/c1-11-6-7-14(12(2)10-11)17-15-4-3-5-16-13(15)8-9-18-16/h6-10,15,17H,3-5H2,1-2H3. The zero-order valence-corrected chi connectivity index (χ0v) is 11.0. The average Bonchev–Trinajstić information content (AvgIpc) is 2.82. The predicted molar refractivity (Wildman–Crippen MR) is 73.9 cm³/mol.